The molecule has 3 N–H and O–H groups in total. The normalized spacial score (nSPS) is 14.9. The molecule has 0 saturated heterocycles. The van der Waals surface area contributed by atoms with Gasteiger partial charge in [0, 0.05) is 17.8 Å². The standard InChI is InChI=1S/C12H20N2/c1-4-9(2)14-12-8-6-5-7-11(12)10(3)13/h5-10,14H,4,13H2,1-3H3. The molecule has 2 atom stereocenters. The Morgan fingerprint density at radius 1 is 1.29 bits per heavy atom. The van der Waals surface area contributed by atoms with E-state index in [2.05, 4.69) is 31.3 Å². The Morgan fingerprint density at radius 3 is 2.50 bits per heavy atom. The van der Waals surface area contributed by atoms with Crippen LogP contribution in [0.5, 0.6) is 0 Å². The van der Waals surface area contributed by atoms with Crippen LogP contribution in [0.25, 0.3) is 0 Å². The predicted octanol–water partition coefficient (Wildman–Crippen LogP) is 2.92. The van der Waals surface area contributed by atoms with E-state index in [1.165, 1.54) is 5.56 Å². The summed E-state index contributed by atoms with van der Waals surface area (Å²) in [6.45, 7) is 6.36. The molecule has 0 aliphatic heterocycles. The van der Waals surface area contributed by atoms with Crippen molar-refractivity contribution in [3.63, 3.8) is 0 Å². The predicted molar refractivity (Wildman–Crippen MR) is 62.4 cm³/mol. The maximum Gasteiger partial charge on any atom is 0.0390 e. The monoisotopic (exact) mass is 192 g/mol. The number of rotatable bonds is 4. The molecule has 0 aliphatic carbocycles. The molecule has 2 nitrogen and oxygen atoms in total. The van der Waals surface area contributed by atoms with Gasteiger partial charge in [-0.25, -0.2) is 0 Å². The van der Waals surface area contributed by atoms with Crippen LogP contribution < -0.4 is 11.1 Å². The number of nitrogens with two attached hydrogens (primary N) is 1. The number of hydrogen-bond donors (Lipinski definition) is 2. The smallest absolute Gasteiger partial charge is 0.0390 e. The van der Waals surface area contributed by atoms with Crippen LogP contribution in [-0.4, -0.2) is 6.04 Å². The zero-order valence-electron chi connectivity index (χ0n) is 9.25. The molecule has 1 rings (SSSR count). The van der Waals surface area contributed by atoms with Gasteiger partial charge >= 0.3 is 0 Å². The fourth-order valence-corrected chi connectivity index (χ4v) is 1.39. The molecule has 1 aromatic carbocycles. The van der Waals surface area contributed by atoms with E-state index in [9.17, 15) is 0 Å². The summed E-state index contributed by atoms with van der Waals surface area (Å²) in [4.78, 5) is 0. The van der Waals surface area contributed by atoms with E-state index >= 15 is 0 Å². The summed E-state index contributed by atoms with van der Waals surface area (Å²) in [5.74, 6) is 0. The molecule has 0 aromatic heterocycles. The van der Waals surface area contributed by atoms with Crippen LogP contribution in [0.3, 0.4) is 0 Å². The molecule has 0 bridgehead atoms. The first-order valence-electron chi connectivity index (χ1n) is 5.26. The van der Waals surface area contributed by atoms with E-state index in [-0.39, 0.29) is 6.04 Å². The maximum absolute atomic E-state index is 5.89. The van der Waals surface area contributed by atoms with Gasteiger partial charge in [-0.05, 0) is 31.9 Å². The number of anilines is 1. The highest BCUT2D eigenvalue weighted by Gasteiger charge is 2.07. The molecule has 0 radical (unpaired) electrons. The Morgan fingerprint density at radius 2 is 1.93 bits per heavy atom. The fourth-order valence-electron chi connectivity index (χ4n) is 1.39. The summed E-state index contributed by atoms with van der Waals surface area (Å²) in [6, 6.07) is 8.81. The third-order valence-corrected chi connectivity index (χ3v) is 2.47. The zero-order chi connectivity index (χ0) is 10.6. The van der Waals surface area contributed by atoms with Crippen molar-refractivity contribution in [1.82, 2.24) is 0 Å². The molecular weight excluding hydrogens is 172 g/mol. The van der Waals surface area contributed by atoms with Gasteiger partial charge in [0.2, 0.25) is 0 Å². The maximum atomic E-state index is 5.89. The number of nitrogens with one attached hydrogen (secondary N) is 1. The van der Waals surface area contributed by atoms with Crippen molar-refractivity contribution in [2.45, 2.75) is 39.3 Å². The molecule has 0 fully saturated rings. The lowest BCUT2D eigenvalue weighted by Crippen LogP contribution is -2.16. The largest absolute Gasteiger partial charge is 0.382 e. The highest BCUT2D eigenvalue weighted by molar-refractivity contribution is 5.52. The van der Waals surface area contributed by atoms with Crippen LogP contribution in [0.2, 0.25) is 0 Å². The number of hydrogen-bond acceptors (Lipinski definition) is 2. The number of benzene rings is 1. The first-order chi connectivity index (χ1) is 6.65. The number of para-hydroxylation sites is 1. The molecule has 0 spiro atoms. The molecule has 0 heterocycles. The van der Waals surface area contributed by atoms with Crippen molar-refractivity contribution < 1.29 is 0 Å². The van der Waals surface area contributed by atoms with E-state index in [4.69, 9.17) is 5.73 Å². The quantitative estimate of drug-likeness (QED) is 0.769. The Bertz CT molecular complexity index is 281. The second kappa shape index (κ2) is 5.01. The van der Waals surface area contributed by atoms with Crippen molar-refractivity contribution in [3.05, 3.63) is 29.8 Å². The second-order valence-electron chi connectivity index (χ2n) is 3.83. The Labute approximate surface area is 86.5 Å². The first-order valence-corrected chi connectivity index (χ1v) is 5.26. The minimum atomic E-state index is 0.0859. The van der Waals surface area contributed by atoms with Crippen LogP contribution in [-0.2, 0) is 0 Å². The zero-order valence-corrected chi connectivity index (χ0v) is 9.25. The van der Waals surface area contributed by atoms with Gasteiger partial charge in [0.15, 0.2) is 0 Å². The van der Waals surface area contributed by atoms with Crippen molar-refractivity contribution in [1.29, 1.82) is 0 Å². The highest BCUT2D eigenvalue weighted by Crippen LogP contribution is 2.21. The van der Waals surface area contributed by atoms with Crippen molar-refractivity contribution in [3.8, 4) is 0 Å². The van der Waals surface area contributed by atoms with Gasteiger partial charge in [-0.1, -0.05) is 25.1 Å². The van der Waals surface area contributed by atoms with E-state index in [1.807, 2.05) is 19.1 Å². The SMILES string of the molecule is CCC(C)Nc1ccccc1C(C)N. The summed E-state index contributed by atoms with van der Waals surface area (Å²) >= 11 is 0. The van der Waals surface area contributed by atoms with Gasteiger partial charge in [-0.15, -0.1) is 0 Å². The minimum absolute atomic E-state index is 0.0859. The second-order valence-corrected chi connectivity index (χ2v) is 3.83. The van der Waals surface area contributed by atoms with Crippen LogP contribution in [0.4, 0.5) is 5.69 Å². The molecule has 1 aromatic rings. The average Bonchev–Trinajstić information content (AvgIpc) is 2.18. The molecule has 0 amide bonds. The van der Waals surface area contributed by atoms with E-state index in [0.717, 1.165) is 12.1 Å². The lowest BCUT2D eigenvalue weighted by atomic mass is 10.1. The molecule has 78 valence electrons. The van der Waals surface area contributed by atoms with E-state index in [0.29, 0.717) is 6.04 Å². The summed E-state index contributed by atoms with van der Waals surface area (Å²) in [5.41, 5.74) is 8.24. The molecular formula is C12H20N2. The third-order valence-electron chi connectivity index (χ3n) is 2.47. The summed E-state index contributed by atoms with van der Waals surface area (Å²) in [7, 11) is 0. The van der Waals surface area contributed by atoms with Crippen LogP contribution >= 0.6 is 0 Å². The molecule has 0 aliphatic rings. The van der Waals surface area contributed by atoms with Crippen LogP contribution in [0, 0.1) is 0 Å². The van der Waals surface area contributed by atoms with Crippen molar-refractivity contribution in [2.24, 2.45) is 5.73 Å². The van der Waals surface area contributed by atoms with Gasteiger partial charge < -0.3 is 11.1 Å². The van der Waals surface area contributed by atoms with Crippen molar-refractivity contribution in [2.75, 3.05) is 5.32 Å². The van der Waals surface area contributed by atoms with Crippen LogP contribution in [0.1, 0.15) is 38.8 Å². The van der Waals surface area contributed by atoms with Gasteiger partial charge in [0.1, 0.15) is 0 Å². The molecule has 14 heavy (non-hydrogen) atoms. The third kappa shape index (κ3) is 2.74. The Balaban J connectivity index is 2.84. The Hall–Kier alpha value is -1.02. The summed E-state index contributed by atoms with van der Waals surface area (Å²) in [5, 5.41) is 3.46. The molecule has 0 saturated carbocycles. The fraction of sp³-hybridized carbons (Fsp3) is 0.500. The highest BCUT2D eigenvalue weighted by atomic mass is 14.9. The van der Waals surface area contributed by atoms with E-state index < -0.39 is 0 Å². The topological polar surface area (TPSA) is 38.0 Å². The van der Waals surface area contributed by atoms with Gasteiger partial charge in [-0.2, -0.15) is 0 Å². The lowest BCUT2D eigenvalue weighted by molar-refractivity contribution is 0.753. The van der Waals surface area contributed by atoms with Gasteiger partial charge in [0.05, 0.1) is 0 Å². The lowest BCUT2D eigenvalue weighted by Gasteiger charge is -2.18. The van der Waals surface area contributed by atoms with E-state index in [1.54, 1.807) is 0 Å². The van der Waals surface area contributed by atoms with Gasteiger partial charge in [0.25, 0.3) is 0 Å². The first kappa shape index (κ1) is 11.1. The molecule has 2 heteroatoms. The minimum Gasteiger partial charge on any atom is -0.382 e. The van der Waals surface area contributed by atoms with Gasteiger partial charge in [-0.3, -0.25) is 0 Å². The molecule has 2 unspecified atom stereocenters. The summed E-state index contributed by atoms with van der Waals surface area (Å²) < 4.78 is 0. The van der Waals surface area contributed by atoms with Crippen molar-refractivity contribution >= 4 is 5.69 Å². The summed E-state index contributed by atoms with van der Waals surface area (Å²) in [6.07, 6.45) is 1.12. The average molecular weight is 192 g/mol. The van der Waals surface area contributed by atoms with Crippen LogP contribution in [0.15, 0.2) is 24.3 Å². The Kier molecular flexibility index (Phi) is 3.96.